The minimum atomic E-state index is 0.542. The van der Waals surface area contributed by atoms with Crippen LogP contribution in [0.5, 0.6) is 0 Å². The third-order valence-electron chi connectivity index (χ3n) is 1.36. The van der Waals surface area contributed by atoms with Crippen molar-refractivity contribution in [2.24, 2.45) is 0 Å². The maximum atomic E-state index is 7.27. The summed E-state index contributed by atoms with van der Waals surface area (Å²) in [5.41, 5.74) is 2.74. The lowest BCUT2D eigenvalue weighted by atomic mass is 10.2. The Morgan fingerprint density at radius 2 is 1.80 bits per heavy atom. The smallest absolute Gasteiger partial charge is 0.0551 e. The molecule has 0 heterocycles. The molecule has 1 N–H and O–H groups in total. The highest BCUT2D eigenvalue weighted by Crippen LogP contribution is 2.06. The maximum absolute atomic E-state index is 7.27. The summed E-state index contributed by atoms with van der Waals surface area (Å²) >= 11 is 0. The van der Waals surface area contributed by atoms with E-state index in [1.54, 1.807) is 0 Å². The molecule has 0 aromatic heterocycles. The SMILES string of the molecule is Cc1ccc(C(=N)P)cc1. The van der Waals surface area contributed by atoms with Gasteiger partial charge in [0.2, 0.25) is 0 Å². The fraction of sp³-hybridized carbons (Fsp3) is 0.125. The predicted octanol–water partition coefficient (Wildman–Crippen LogP) is 2.20. The van der Waals surface area contributed by atoms with Crippen LogP contribution in [-0.2, 0) is 0 Å². The van der Waals surface area contributed by atoms with E-state index >= 15 is 0 Å². The van der Waals surface area contributed by atoms with E-state index in [1.165, 1.54) is 5.56 Å². The predicted molar refractivity (Wildman–Crippen MR) is 47.7 cm³/mol. The fourth-order valence-corrected chi connectivity index (χ4v) is 0.926. The Hall–Kier alpha value is -0.680. The Morgan fingerprint density at radius 3 is 2.20 bits per heavy atom. The summed E-state index contributed by atoms with van der Waals surface area (Å²) in [6, 6.07) is 7.91. The molecule has 1 nitrogen and oxygen atoms in total. The van der Waals surface area contributed by atoms with Crippen LogP contribution < -0.4 is 0 Å². The zero-order chi connectivity index (χ0) is 7.56. The van der Waals surface area contributed by atoms with Crippen molar-refractivity contribution in [2.45, 2.75) is 6.92 Å². The first-order valence-corrected chi connectivity index (χ1v) is 3.69. The largest absolute Gasteiger partial charge is 0.300 e. The molecule has 52 valence electrons. The molecule has 0 bridgehead atoms. The van der Waals surface area contributed by atoms with Gasteiger partial charge in [0, 0.05) is 0 Å². The number of benzene rings is 1. The summed E-state index contributed by atoms with van der Waals surface area (Å²) < 4.78 is 0. The Balaban J connectivity index is 3.00. The third kappa shape index (κ3) is 1.65. The summed E-state index contributed by atoms with van der Waals surface area (Å²) in [6.07, 6.45) is 0. The molecule has 1 atom stereocenters. The van der Waals surface area contributed by atoms with Crippen LogP contribution >= 0.6 is 9.24 Å². The van der Waals surface area contributed by atoms with Crippen molar-refractivity contribution in [3.63, 3.8) is 0 Å². The minimum Gasteiger partial charge on any atom is -0.300 e. The van der Waals surface area contributed by atoms with Gasteiger partial charge in [0.1, 0.15) is 0 Å². The zero-order valence-corrected chi connectivity index (χ0v) is 7.04. The molecular formula is C8H10NP. The van der Waals surface area contributed by atoms with Gasteiger partial charge in [-0.2, -0.15) is 0 Å². The number of hydrogen-bond donors (Lipinski definition) is 1. The van der Waals surface area contributed by atoms with Gasteiger partial charge in [-0.3, -0.25) is 0 Å². The van der Waals surface area contributed by atoms with E-state index in [-0.39, 0.29) is 0 Å². The second kappa shape index (κ2) is 2.94. The van der Waals surface area contributed by atoms with Crippen LogP contribution in [0.1, 0.15) is 11.1 Å². The molecule has 0 fully saturated rings. The van der Waals surface area contributed by atoms with Crippen molar-refractivity contribution in [3.05, 3.63) is 35.4 Å². The molecule has 0 amide bonds. The monoisotopic (exact) mass is 151 g/mol. The number of aryl methyl sites for hydroxylation is 1. The van der Waals surface area contributed by atoms with Gasteiger partial charge in [-0.25, -0.2) is 0 Å². The fourth-order valence-electron chi connectivity index (χ4n) is 0.733. The van der Waals surface area contributed by atoms with Crippen molar-refractivity contribution >= 4 is 14.7 Å². The molecule has 2 heteroatoms. The molecule has 10 heavy (non-hydrogen) atoms. The first-order valence-electron chi connectivity index (χ1n) is 3.11. The van der Waals surface area contributed by atoms with Gasteiger partial charge in [0.15, 0.2) is 0 Å². The summed E-state index contributed by atoms with van der Waals surface area (Å²) in [4.78, 5) is 0. The van der Waals surface area contributed by atoms with E-state index in [0.29, 0.717) is 5.45 Å². The van der Waals surface area contributed by atoms with Crippen LogP contribution in [0.3, 0.4) is 0 Å². The van der Waals surface area contributed by atoms with Crippen molar-refractivity contribution in [3.8, 4) is 0 Å². The van der Waals surface area contributed by atoms with E-state index in [9.17, 15) is 0 Å². The zero-order valence-electron chi connectivity index (χ0n) is 5.89. The van der Waals surface area contributed by atoms with Gasteiger partial charge in [-0.05, 0) is 12.5 Å². The quantitative estimate of drug-likeness (QED) is 0.470. The molecule has 0 aliphatic heterocycles. The minimum absolute atomic E-state index is 0.542. The third-order valence-corrected chi connectivity index (χ3v) is 1.70. The van der Waals surface area contributed by atoms with E-state index in [1.807, 2.05) is 31.2 Å². The summed E-state index contributed by atoms with van der Waals surface area (Å²) in [7, 11) is 2.37. The molecule has 0 radical (unpaired) electrons. The van der Waals surface area contributed by atoms with Crippen LogP contribution in [0.25, 0.3) is 0 Å². The van der Waals surface area contributed by atoms with Gasteiger partial charge in [0.05, 0.1) is 5.45 Å². The molecule has 1 rings (SSSR count). The highest BCUT2D eigenvalue weighted by atomic mass is 31.0. The molecule has 0 aliphatic rings. The maximum Gasteiger partial charge on any atom is 0.0551 e. The van der Waals surface area contributed by atoms with Gasteiger partial charge >= 0.3 is 0 Å². The van der Waals surface area contributed by atoms with Crippen LogP contribution in [0.2, 0.25) is 0 Å². The second-order valence-corrected chi connectivity index (χ2v) is 2.86. The van der Waals surface area contributed by atoms with Crippen molar-refractivity contribution < 1.29 is 0 Å². The normalized spacial score (nSPS) is 9.40. The molecular weight excluding hydrogens is 141 g/mol. The first-order chi connectivity index (χ1) is 4.70. The molecule has 0 aliphatic carbocycles. The standard InChI is InChI=1S/C8H10NP/c1-6-2-4-7(5-3-6)8(9)10/h2-5,9H,10H2,1H3. The number of hydrogen-bond acceptors (Lipinski definition) is 1. The molecule has 1 aromatic rings. The lowest BCUT2D eigenvalue weighted by Crippen LogP contribution is -1.86. The molecule has 1 aromatic carbocycles. The highest BCUT2D eigenvalue weighted by Gasteiger charge is 1.91. The summed E-state index contributed by atoms with van der Waals surface area (Å²) in [6.45, 7) is 2.04. The molecule has 0 spiro atoms. The Morgan fingerprint density at radius 1 is 1.30 bits per heavy atom. The van der Waals surface area contributed by atoms with Gasteiger partial charge in [0.25, 0.3) is 0 Å². The van der Waals surface area contributed by atoms with Crippen molar-refractivity contribution in [1.29, 1.82) is 5.41 Å². The second-order valence-electron chi connectivity index (χ2n) is 2.28. The van der Waals surface area contributed by atoms with Crippen LogP contribution in [0.15, 0.2) is 24.3 Å². The Bertz CT molecular complexity index is 238. The first kappa shape index (κ1) is 7.43. The van der Waals surface area contributed by atoms with Crippen LogP contribution in [0.4, 0.5) is 0 Å². The number of rotatable bonds is 1. The van der Waals surface area contributed by atoms with Gasteiger partial charge in [-0.15, -0.1) is 0 Å². The Labute approximate surface area is 63.2 Å². The highest BCUT2D eigenvalue weighted by molar-refractivity contribution is 7.41. The number of nitrogens with one attached hydrogen (secondary N) is 1. The molecule has 1 unspecified atom stereocenters. The summed E-state index contributed by atoms with van der Waals surface area (Å²) in [5, 5.41) is 7.27. The van der Waals surface area contributed by atoms with Crippen molar-refractivity contribution in [1.82, 2.24) is 0 Å². The average molecular weight is 151 g/mol. The van der Waals surface area contributed by atoms with Crippen molar-refractivity contribution in [2.75, 3.05) is 0 Å². The summed E-state index contributed by atoms with van der Waals surface area (Å²) in [5.74, 6) is 0. The Kier molecular flexibility index (Phi) is 2.18. The lowest BCUT2D eigenvalue weighted by molar-refractivity contribution is 1.45. The topological polar surface area (TPSA) is 23.9 Å². The average Bonchev–Trinajstić information content (AvgIpc) is 1.88. The molecule has 0 saturated heterocycles. The van der Waals surface area contributed by atoms with E-state index in [2.05, 4.69) is 9.24 Å². The van der Waals surface area contributed by atoms with Crippen LogP contribution in [-0.4, -0.2) is 5.45 Å². The lowest BCUT2D eigenvalue weighted by Gasteiger charge is -1.96. The van der Waals surface area contributed by atoms with Gasteiger partial charge < -0.3 is 5.41 Å². The van der Waals surface area contributed by atoms with E-state index in [4.69, 9.17) is 5.41 Å². The van der Waals surface area contributed by atoms with Gasteiger partial charge in [-0.1, -0.05) is 39.1 Å². The van der Waals surface area contributed by atoms with E-state index < -0.39 is 0 Å². The molecule has 0 saturated carbocycles. The van der Waals surface area contributed by atoms with E-state index in [0.717, 1.165) is 5.56 Å². The van der Waals surface area contributed by atoms with Crippen LogP contribution in [0, 0.1) is 12.3 Å².